The number of benzene rings is 1. The minimum atomic E-state index is -3.32. The molecule has 0 saturated heterocycles. The summed E-state index contributed by atoms with van der Waals surface area (Å²) in [5.41, 5.74) is 0.995. The molecule has 0 aliphatic rings. The lowest BCUT2D eigenvalue weighted by Crippen LogP contribution is -2.39. The molecule has 0 aliphatic carbocycles. The Labute approximate surface area is 136 Å². The van der Waals surface area contributed by atoms with Gasteiger partial charge in [0.15, 0.2) is 0 Å². The lowest BCUT2D eigenvalue weighted by molar-refractivity contribution is 0.127. The van der Waals surface area contributed by atoms with Gasteiger partial charge in [-0.15, -0.1) is 0 Å². The Hall–Kier alpha value is -1.84. The van der Waals surface area contributed by atoms with Gasteiger partial charge in [0.25, 0.3) is 0 Å². The van der Waals surface area contributed by atoms with Crippen LogP contribution in [0.15, 0.2) is 24.3 Å². The molecule has 8 nitrogen and oxygen atoms in total. The van der Waals surface area contributed by atoms with Gasteiger partial charge >= 0.3 is 6.03 Å². The maximum atomic E-state index is 12.2. The van der Waals surface area contributed by atoms with Gasteiger partial charge in [0, 0.05) is 38.7 Å². The first-order valence-corrected chi connectivity index (χ1v) is 8.86. The van der Waals surface area contributed by atoms with Gasteiger partial charge in [-0.2, -0.15) is 0 Å². The number of anilines is 2. The molecule has 130 valence electrons. The van der Waals surface area contributed by atoms with Gasteiger partial charge in [-0.05, 0) is 24.3 Å². The van der Waals surface area contributed by atoms with Crippen molar-refractivity contribution in [3.8, 4) is 0 Å². The minimum Gasteiger partial charge on any atom is -0.383 e. The van der Waals surface area contributed by atoms with Gasteiger partial charge in [-0.25, -0.2) is 13.2 Å². The van der Waals surface area contributed by atoms with Crippen LogP contribution in [0.4, 0.5) is 16.2 Å². The zero-order valence-electron chi connectivity index (χ0n) is 13.5. The van der Waals surface area contributed by atoms with Crippen molar-refractivity contribution in [3.63, 3.8) is 0 Å². The summed E-state index contributed by atoms with van der Waals surface area (Å²) in [6.45, 7) is 1.74. The monoisotopic (exact) mass is 345 g/mol. The second kappa shape index (κ2) is 9.33. The van der Waals surface area contributed by atoms with E-state index in [9.17, 15) is 13.2 Å². The standard InChI is InChI=1S/C14H23N3O5S/c1-21-10-8-17(9-11-22-2)14(18)15-12-4-6-13(7-5-12)16-23(3,19)20/h4-7,16H,8-11H2,1-3H3,(H,15,18). The molecular formula is C14H23N3O5S. The number of carbonyl (C=O) groups excluding carboxylic acids is 1. The number of rotatable bonds is 9. The molecule has 0 atom stereocenters. The van der Waals surface area contributed by atoms with E-state index in [0.29, 0.717) is 37.7 Å². The van der Waals surface area contributed by atoms with Gasteiger partial charge in [-0.3, -0.25) is 4.72 Å². The molecule has 0 fully saturated rings. The highest BCUT2D eigenvalue weighted by Crippen LogP contribution is 2.15. The molecule has 2 amide bonds. The van der Waals surface area contributed by atoms with Crippen molar-refractivity contribution in [2.45, 2.75) is 0 Å². The Balaban J connectivity index is 2.66. The Morgan fingerprint density at radius 1 is 1.04 bits per heavy atom. The summed E-state index contributed by atoms with van der Waals surface area (Å²) in [5, 5.41) is 2.75. The number of methoxy groups -OCH3 is 2. The normalized spacial score (nSPS) is 11.1. The molecule has 0 radical (unpaired) electrons. The van der Waals surface area contributed by atoms with E-state index in [1.165, 1.54) is 0 Å². The second-order valence-corrected chi connectivity index (χ2v) is 6.60. The predicted octanol–water partition coefficient (Wildman–Crippen LogP) is 1.18. The number of nitrogens with zero attached hydrogens (tertiary/aromatic N) is 1. The molecule has 9 heteroatoms. The van der Waals surface area contributed by atoms with Crippen LogP contribution in [-0.4, -0.2) is 66.1 Å². The van der Waals surface area contributed by atoms with Gasteiger partial charge in [0.1, 0.15) is 0 Å². The van der Waals surface area contributed by atoms with E-state index in [2.05, 4.69) is 10.0 Å². The molecule has 1 rings (SSSR count). The van der Waals surface area contributed by atoms with Crippen LogP contribution in [0.3, 0.4) is 0 Å². The maximum Gasteiger partial charge on any atom is 0.321 e. The summed E-state index contributed by atoms with van der Waals surface area (Å²) in [6, 6.07) is 6.12. The lowest BCUT2D eigenvalue weighted by Gasteiger charge is -2.22. The Morgan fingerprint density at radius 3 is 1.96 bits per heavy atom. The van der Waals surface area contributed by atoms with E-state index in [1.54, 1.807) is 43.4 Å². The molecular weight excluding hydrogens is 322 g/mol. The molecule has 0 saturated carbocycles. The molecule has 23 heavy (non-hydrogen) atoms. The quantitative estimate of drug-likeness (QED) is 0.701. The highest BCUT2D eigenvalue weighted by Gasteiger charge is 2.13. The Kier molecular flexibility index (Phi) is 7.79. The topological polar surface area (TPSA) is 97.0 Å². The van der Waals surface area contributed by atoms with Crippen LogP contribution in [0.1, 0.15) is 0 Å². The van der Waals surface area contributed by atoms with Crippen LogP contribution in [-0.2, 0) is 19.5 Å². The molecule has 1 aromatic carbocycles. The van der Waals surface area contributed by atoms with Crippen molar-refractivity contribution in [2.24, 2.45) is 0 Å². The fourth-order valence-electron chi connectivity index (χ4n) is 1.76. The molecule has 1 aromatic rings. The Bertz CT molecular complexity index is 581. The van der Waals surface area contributed by atoms with E-state index in [0.717, 1.165) is 6.26 Å². The summed E-state index contributed by atoms with van der Waals surface area (Å²) in [4.78, 5) is 13.8. The maximum absolute atomic E-state index is 12.2. The summed E-state index contributed by atoms with van der Waals surface area (Å²) >= 11 is 0. The fraction of sp³-hybridized carbons (Fsp3) is 0.500. The van der Waals surface area contributed by atoms with Gasteiger partial charge < -0.3 is 19.7 Å². The highest BCUT2D eigenvalue weighted by molar-refractivity contribution is 7.92. The molecule has 0 aliphatic heterocycles. The summed E-state index contributed by atoms with van der Waals surface area (Å²) < 4.78 is 34.6. The molecule has 0 spiro atoms. The second-order valence-electron chi connectivity index (χ2n) is 4.85. The number of carbonyl (C=O) groups is 1. The predicted molar refractivity (Wildman–Crippen MR) is 89.3 cm³/mol. The van der Waals surface area contributed by atoms with Crippen LogP contribution >= 0.6 is 0 Å². The fourth-order valence-corrected chi connectivity index (χ4v) is 2.32. The van der Waals surface area contributed by atoms with Gasteiger partial charge in [-0.1, -0.05) is 0 Å². The summed E-state index contributed by atoms with van der Waals surface area (Å²) in [7, 11) is -0.182. The molecule has 0 heterocycles. The average molecular weight is 345 g/mol. The van der Waals surface area contributed by atoms with Crippen LogP contribution < -0.4 is 10.0 Å². The van der Waals surface area contributed by atoms with Gasteiger partial charge in [0.2, 0.25) is 10.0 Å². The zero-order chi connectivity index (χ0) is 17.3. The number of amides is 2. The number of urea groups is 1. The van der Waals surface area contributed by atoms with Crippen LogP contribution in [0.2, 0.25) is 0 Å². The first kappa shape index (κ1) is 19.2. The molecule has 0 bridgehead atoms. The largest absolute Gasteiger partial charge is 0.383 e. The van der Waals surface area contributed by atoms with Crippen molar-refractivity contribution < 1.29 is 22.7 Å². The number of nitrogens with one attached hydrogen (secondary N) is 2. The highest BCUT2D eigenvalue weighted by atomic mass is 32.2. The third-order valence-corrected chi connectivity index (χ3v) is 3.46. The third kappa shape index (κ3) is 7.82. The first-order valence-electron chi connectivity index (χ1n) is 6.97. The van der Waals surface area contributed by atoms with Crippen LogP contribution in [0, 0.1) is 0 Å². The number of ether oxygens (including phenoxy) is 2. The van der Waals surface area contributed by atoms with E-state index in [1.807, 2.05) is 0 Å². The van der Waals surface area contributed by atoms with Crippen molar-refractivity contribution in [1.82, 2.24) is 4.90 Å². The molecule has 0 unspecified atom stereocenters. The van der Waals surface area contributed by atoms with Crippen molar-refractivity contribution >= 4 is 27.4 Å². The average Bonchev–Trinajstić information content (AvgIpc) is 2.48. The van der Waals surface area contributed by atoms with Gasteiger partial charge in [0.05, 0.1) is 19.5 Å². The number of hydrogen-bond acceptors (Lipinski definition) is 5. The number of hydrogen-bond donors (Lipinski definition) is 2. The van der Waals surface area contributed by atoms with E-state index >= 15 is 0 Å². The summed E-state index contributed by atoms with van der Waals surface area (Å²) in [5.74, 6) is 0. The molecule has 2 N–H and O–H groups in total. The smallest absolute Gasteiger partial charge is 0.321 e. The van der Waals surface area contributed by atoms with Crippen molar-refractivity contribution in [3.05, 3.63) is 24.3 Å². The SMILES string of the molecule is COCCN(CCOC)C(=O)Nc1ccc(NS(C)(=O)=O)cc1. The minimum absolute atomic E-state index is 0.275. The number of sulfonamides is 1. The van der Waals surface area contributed by atoms with E-state index in [4.69, 9.17) is 9.47 Å². The van der Waals surface area contributed by atoms with Crippen molar-refractivity contribution in [1.29, 1.82) is 0 Å². The third-order valence-electron chi connectivity index (χ3n) is 2.86. The van der Waals surface area contributed by atoms with Crippen molar-refractivity contribution in [2.75, 3.05) is 56.8 Å². The van der Waals surface area contributed by atoms with E-state index < -0.39 is 10.0 Å². The summed E-state index contributed by atoms with van der Waals surface area (Å²) in [6.07, 6.45) is 1.08. The molecule has 0 aromatic heterocycles. The van der Waals surface area contributed by atoms with E-state index in [-0.39, 0.29) is 6.03 Å². The lowest BCUT2D eigenvalue weighted by atomic mass is 10.3. The first-order chi connectivity index (χ1) is 10.9. The zero-order valence-corrected chi connectivity index (χ0v) is 14.4. The Morgan fingerprint density at radius 2 is 1.52 bits per heavy atom. The van der Waals surface area contributed by atoms with Crippen LogP contribution in [0.5, 0.6) is 0 Å². The van der Waals surface area contributed by atoms with Crippen LogP contribution in [0.25, 0.3) is 0 Å².